The van der Waals surface area contributed by atoms with E-state index in [0.717, 1.165) is 19.3 Å². The average molecular weight is 242 g/mol. The van der Waals surface area contributed by atoms with Crippen LogP contribution in [0.15, 0.2) is 0 Å². The number of nitrogens with one attached hydrogen (secondary N) is 1. The highest BCUT2D eigenvalue weighted by Gasteiger charge is 2.33. The minimum Gasteiger partial charge on any atom is -0.444 e. The molecule has 0 bridgehead atoms. The maximum Gasteiger partial charge on any atom is 0.410 e. The SMILES string of the molecule is CC1(NC=O)CCN(C(=O)OC(C)(C)C)CC1. The van der Waals surface area contributed by atoms with Gasteiger partial charge in [-0.2, -0.15) is 0 Å². The van der Waals surface area contributed by atoms with Crippen molar-refractivity contribution in [2.45, 2.75) is 51.7 Å². The van der Waals surface area contributed by atoms with Crippen LogP contribution in [0.2, 0.25) is 0 Å². The van der Waals surface area contributed by atoms with Crippen molar-refractivity contribution in [3.8, 4) is 0 Å². The summed E-state index contributed by atoms with van der Waals surface area (Å²) in [6, 6.07) is 0. The van der Waals surface area contributed by atoms with Crippen LogP contribution in [0.1, 0.15) is 40.5 Å². The Kier molecular flexibility index (Phi) is 4.01. The van der Waals surface area contributed by atoms with Crippen molar-refractivity contribution in [1.82, 2.24) is 10.2 Å². The van der Waals surface area contributed by atoms with Gasteiger partial charge in [-0.1, -0.05) is 0 Å². The summed E-state index contributed by atoms with van der Waals surface area (Å²) in [7, 11) is 0. The number of rotatable bonds is 2. The summed E-state index contributed by atoms with van der Waals surface area (Å²) >= 11 is 0. The number of nitrogens with zero attached hydrogens (tertiary/aromatic N) is 1. The first-order chi connectivity index (χ1) is 7.76. The first kappa shape index (κ1) is 13.8. The topological polar surface area (TPSA) is 58.6 Å². The summed E-state index contributed by atoms with van der Waals surface area (Å²) in [5.74, 6) is 0. The van der Waals surface area contributed by atoms with Crippen LogP contribution >= 0.6 is 0 Å². The summed E-state index contributed by atoms with van der Waals surface area (Å²) < 4.78 is 5.30. The molecule has 1 aliphatic heterocycles. The molecule has 1 rings (SSSR count). The van der Waals surface area contributed by atoms with E-state index in [4.69, 9.17) is 4.74 Å². The monoisotopic (exact) mass is 242 g/mol. The molecule has 1 aliphatic rings. The lowest BCUT2D eigenvalue weighted by Gasteiger charge is -2.39. The fourth-order valence-corrected chi connectivity index (χ4v) is 1.80. The highest BCUT2D eigenvalue weighted by Crippen LogP contribution is 2.22. The van der Waals surface area contributed by atoms with Crippen molar-refractivity contribution in [2.24, 2.45) is 0 Å². The molecule has 0 radical (unpaired) electrons. The molecule has 17 heavy (non-hydrogen) atoms. The molecule has 1 N–H and O–H groups in total. The van der Waals surface area contributed by atoms with Gasteiger partial charge < -0.3 is 15.0 Å². The molecule has 5 nitrogen and oxygen atoms in total. The molecule has 0 saturated carbocycles. The lowest BCUT2D eigenvalue weighted by Crippen LogP contribution is -2.52. The second kappa shape index (κ2) is 4.94. The van der Waals surface area contributed by atoms with Crippen molar-refractivity contribution >= 4 is 12.5 Å². The van der Waals surface area contributed by atoms with Gasteiger partial charge in [-0.05, 0) is 40.5 Å². The van der Waals surface area contributed by atoms with Crippen molar-refractivity contribution in [2.75, 3.05) is 13.1 Å². The third-order valence-electron chi connectivity index (χ3n) is 2.93. The number of hydrogen-bond donors (Lipinski definition) is 1. The molecule has 0 aliphatic carbocycles. The minimum absolute atomic E-state index is 0.194. The van der Waals surface area contributed by atoms with Crippen LogP contribution in [0.3, 0.4) is 0 Å². The molecule has 1 heterocycles. The Hall–Kier alpha value is -1.26. The highest BCUT2D eigenvalue weighted by molar-refractivity contribution is 5.68. The Morgan fingerprint density at radius 1 is 1.35 bits per heavy atom. The quantitative estimate of drug-likeness (QED) is 0.747. The van der Waals surface area contributed by atoms with E-state index in [9.17, 15) is 9.59 Å². The standard InChI is InChI=1S/C12H22N2O3/c1-11(2,3)17-10(16)14-7-5-12(4,6-8-14)13-9-15/h9H,5-8H2,1-4H3,(H,13,15). The van der Waals surface area contributed by atoms with Crippen molar-refractivity contribution in [1.29, 1.82) is 0 Å². The van der Waals surface area contributed by atoms with Crippen LogP contribution in [-0.4, -0.2) is 41.6 Å². The Bertz CT molecular complexity index is 289. The second-order valence-corrected chi connectivity index (χ2v) is 5.79. The van der Waals surface area contributed by atoms with E-state index >= 15 is 0 Å². The van der Waals surface area contributed by atoms with Gasteiger partial charge in [0.2, 0.25) is 6.41 Å². The van der Waals surface area contributed by atoms with E-state index in [0.29, 0.717) is 13.1 Å². The molecule has 0 unspecified atom stereocenters. The van der Waals surface area contributed by atoms with Gasteiger partial charge in [0, 0.05) is 18.6 Å². The molecule has 0 spiro atoms. The van der Waals surface area contributed by atoms with Gasteiger partial charge in [0.05, 0.1) is 0 Å². The van der Waals surface area contributed by atoms with Gasteiger partial charge in [0.1, 0.15) is 5.60 Å². The van der Waals surface area contributed by atoms with Crippen molar-refractivity contribution in [3.63, 3.8) is 0 Å². The van der Waals surface area contributed by atoms with Crippen molar-refractivity contribution in [3.05, 3.63) is 0 Å². The molecule has 5 heteroatoms. The smallest absolute Gasteiger partial charge is 0.410 e. The number of carbonyl (C=O) groups is 2. The first-order valence-electron chi connectivity index (χ1n) is 5.95. The van der Waals surface area contributed by atoms with Crippen LogP contribution in [0.5, 0.6) is 0 Å². The van der Waals surface area contributed by atoms with Crippen LogP contribution in [0, 0.1) is 0 Å². The Morgan fingerprint density at radius 2 is 1.88 bits per heavy atom. The molecule has 98 valence electrons. The number of carbonyl (C=O) groups excluding carboxylic acids is 2. The number of hydrogen-bond acceptors (Lipinski definition) is 3. The predicted molar refractivity (Wildman–Crippen MR) is 64.6 cm³/mol. The molecule has 1 fully saturated rings. The summed E-state index contributed by atoms with van der Waals surface area (Å²) in [6.07, 6.45) is 1.96. The van der Waals surface area contributed by atoms with Gasteiger partial charge in [-0.15, -0.1) is 0 Å². The molecule has 0 atom stereocenters. The highest BCUT2D eigenvalue weighted by atomic mass is 16.6. The molecule has 1 saturated heterocycles. The molecule has 0 aromatic carbocycles. The largest absolute Gasteiger partial charge is 0.444 e. The Morgan fingerprint density at radius 3 is 2.29 bits per heavy atom. The van der Waals surface area contributed by atoms with Gasteiger partial charge >= 0.3 is 6.09 Å². The zero-order chi connectivity index (χ0) is 13.1. The third kappa shape index (κ3) is 4.24. The molecule has 0 aromatic heterocycles. The molecular weight excluding hydrogens is 220 g/mol. The van der Waals surface area contributed by atoms with Gasteiger partial charge in [0.15, 0.2) is 0 Å². The molecule has 0 aromatic rings. The lowest BCUT2D eigenvalue weighted by atomic mass is 9.90. The summed E-state index contributed by atoms with van der Waals surface area (Å²) in [4.78, 5) is 24.0. The minimum atomic E-state index is -0.459. The van der Waals surface area contributed by atoms with Crippen molar-refractivity contribution < 1.29 is 14.3 Å². The van der Waals surface area contributed by atoms with Crippen LogP contribution in [0.25, 0.3) is 0 Å². The number of likely N-dealkylation sites (tertiary alicyclic amines) is 1. The zero-order valence-corrected chi connectivity index (χ0v) is 11.1. The van der Waals surface area contributed by atoms with E-state index in [2.05, 4.69) is 5.32 Å². The predicted octanol–water partition coefficient (Wildman–Crippen LogP) is 1.52. The van der Waals surface area contributed by atoms with Gasteiger partial charge in [-0.3, -0.25) is 4.79 Å². The maximum absolute atomic E-state index is 11.8. The second-order valence-electron chi connectivity index (χ2n) is 5.79. The number of ether oxygens (including phenoxy) is 1. The van der Waals surface area contributed by atoms with Crippen LogP contribution in [-0.2, 0) is 9.53 Å². The summed E-state index contributed by atoms with van der Waals surface area (Å²) in [5.41, 5.74) is -0.654. The summed E-state index contributed by atoms with van der Waals surface area (Å²) in [6.45, 7) is 8.79. The van der Waals surface area contributed by atoms with E-state index in [1.807, 2.05) is 27.7 Å². The van der Waals surface area contributed by atoms with Gasteiger partial charge in [-0.25, -0.2) is 4.79 Å². The Labute approximate surface area is 102 Å². The van der Waals surface area contributed by atoms with E-state index in [1.165, 1.54) is 0 Å². The fraction of sp³-hybridized carbons (Fsp3) is 0.833. The van der Waals surface area contributed by atoms with Gasteiger partial charge in [0.25, 0.3) is 0 Å². The van der Waals surface area contributed by atoms with E-state index in [1.54, 1.807) is 4.90 Å². The molecule has 2 amide bonds. The van der Waals surface area contributed by atoms with E-state index < -0.39 is 5.60 Å². The fourth-order valence-electron chi connectivity index (χ4n) is 1.80. The third-order valence-corrected chi connectivity index (χ3v) is 2.93. The number of amides is 2. The number of piperidine rings is 1. The Balaban J connectivity index is 2.46. The summed E-state index contributed by atoms with van der Waals surface area (Å²) in [5, 5.41) is 2.81. The van der Waals surface area contributed by atoms with Crippen LogP contribution < -0.4 is 5.32 Å². The average Bonchev–Trinajstić information content (AvgIpc) is 2.15. The van der Waals surface area contributed by atoms with Crippen LogP contribution in [0.4, 0.5) is 4.79 Å². The lowest BCUT2D eigenvalue weighted by molar-refractivity contribution is -0.111. The molecular formula is C12H22N2O3. The zero-order valence-electron chi connectivity index (χ0n) is 11.1. The first-order valence-corrected chi connectivity index (χ1v) is 5.95. The normalized spacial score (nSPS) is 19.6. The van der Waals surface area contributed by atoms with E-state index in [-0.39, 0.29) is 11.6 Å². The maximum atomic E-state index is 11.8.